The Kier molecular flexibility index (Phi) is 4.23. The predicted molar refractivity (Wildman–Crippen MR) is 68.4 cm³/mol. The number of hydrogen-bond acceptors (Lipinski definition) is 4. The minimum atomic E-state index is -0.264. The number of aromatic nitrogens is 2. The van der Waals surface area contributed by atoms with Crippen molar-refractivity contribution >= 4 is 11.8 Å². The molecule has 1 saturated carbocycles. The molecule has 1 aliphatic carbocycles. The van der Waals surface area contributed by atoms with Gasteiger partial charge in [0.25, 0.3) is 5.56 Å². The number of rotatable bonds is 4. The second-order valence-corrected chi connectivity index (χ2v) is 5.67. The molecule has 1 heterocycles. The lowest BCUT2D eigenvalue weighted by Gasteiger charge is -2.13. The Morgan fingerprint density at radius 3 is 3.06 bits per heavy atom. The first kappa shape index (κ1) is 12.6. The van der Waals surface area contributed by atoms with E-state index in [4.69, 9.17) is 0 Å². The first-order valence-electron chi connectivity index (χ1n) is 6.14. The van der Waals surface area contributed by atoms with Crippen molar-refractivity contribution in [3.05, 3.63) is 22.1 Å². The average molecular weight is 254 g/mol. The Hall–Kier alpha value is -0.810. The molecular formula is C12H18N2O2S. The van der Waals surface area contributed by atoms with Gasteiger partial charge >= 0.3 is 0 Å². The molecule has 2 rings (SSSR count). The first-order chi connectivity index (χ1) is 8.19. The summed E-state index contributed by atoms with van der Waals surface area (Å²) < 4.78 is 0. The van der Waals surface area contributed by atoms with Gasteiger partial charge in [-0.3, -0.25) is 4.79 Å². The Balaban J connectivity index is 2.12. The van der Waals surface area contributed by atoms with Crippen molar-refractivity contribution in [1.29, 1.82) is 0 Å². The van der Waals surface area contributed by atoms with Crippen molar-refractivity contribution in [2.75, 3.05) is 0 Å². The van der Waals surface area contributed by atoms with E-state index < -0.39 is 0 Å². The van der Waals surface area contributed by atoms with E-state index >= 15 is 0 Å². The third-order valence-electron chi connectivity index (χ3n) is 2.96. The van der Waals surface area contributed by atoms with E-state index in [-0.39, 0.29) is 16.9 Å². The van der Waals surface area contributed by atoms with Gasteiger partial charge in [-0.05, 0) is 25.7 Å². The van der Waals surface area contributed by atoms with Gasteiger partial charge in [-0.25, -0.2) is 4.98 Å². The Labute approximate surface area is 105 Å². The van der Waals surface area contributed by atoms with Crippen LogP contribution in [0.25, 0.3) is 0 Å². The van der Waals surface area contributed by atoms with Gasteiger partial charge in [-0.15, -0.1) is 0 Å². The quantitative estimate of drug-likeness (QED) is 0.803. The van der Waals surface area contributed by atoms with Crippen molar-refractivity contribution in [2.45, 2.75) is 55.5 Å². The number of aryl methyl sites for hydroxylation is 1. The van der Waals surface area contributed by atoms with Crippen LogP contribution in [-0.2, 0) is 6.42 Å². The summed E-state index contributed by atoms with van der Waals surface area (Å²) in [4.78, 5) is 18.6. The fourth-order valence-electron chi connectivity index (χ4n) is 2.11. The standard InChI is InChI=1S/C12H18N2O2S/c1-2-4-8-7-11(16)14-12(13-8)17-10-6-3-5-9(10)15/h7,9-10,15H,2-6H2,1H3,(H,13,14,16)/t9-,10-/m0/s1. The lowest BCUT2D eigenvalue weighted by molar-refractivity contribution is 0.188. The molecule has 0 amide bonds. The van der Waals surface area contributed by atoms with Crippen LogP contribution < -0.4 is 5.56 Å². The molecule has 5 heteroatoms. The zero-order valence-corrected chi connectivity index (χ0v) is 10.8. The largest absolute Gasteiger partial charge is 0.392 e. The van der Waals surface area contributed by atoms with Crippen molar-refractivity contribution in [1.82, 2.24) is 9.97 Å². The van der Waals surface area contributed by atoms with E-state index in [9.17, 15) is 9.90 Å². The lowest BCUT2D eigenvalue weighted by Crippen LogP contribution is -2.17. The molecule has 4 nitrogen and oxygen atoms in total. The van der Waals surface area contributed by atoms with Crippen LogP contribution in [0.4, 0.5) is 0 Å². The molecule has 1 aromatic rings. The molecule has 0 aromatic carbocycles. The van der Waals surface area contributed by atoms with Crippen LogP contribution in [-0.4, -0.2) is 26.4 Å². The maximum absolute atomic E-state index is 11.5. The molecule has 0 spiro atoms. The van der Waals surface area contributed by atoms with E-state index in [1.165, 1.54) is 11.8 Å². The lowest BCUT2D eigenvalue weighted by atomic mass is 10.2. The van der Waals surface area contributed by atoms with Gasteiger partial charge in [0.2, 0.25) is 0 Å². The third kappa shape index (κ3) is 3.33. The Bertz CT molecular complexity index is 433. The summed E-state index contributed by atoms with van der Waals surface area (Å²) in [5.74, 6) is 0. The van der Waals surface area contributed by atoms with E-state index in [1.54, 1.807) is 6.07 Å². The fourth-order valence-corrected chi connectivity index (χ4v) is 3.30. The van der Waals surface area contributed by atoms with Crippen LogP contribution >= 0.6 is 11.8 Å². The van der Waals surface area contributed by atoms with Crippen molar-refractivity contribution in [3.63, 3.8) is 0 Å². The SMILES string of the molecule is CCCc1cc(=O)[nH]c(S[C@H]2CCC[C@@H]2O)n1. The first-order valence-corrected chi connectivity index (χ1v) is 7.02. The molecule has 1 aliphatic rings. The minimum absolute atomic E-state index is 0.0987. The van der Waals surface area contributed by atoms with Crippen molar-refractivity contribution in [3.8, 4) is 0 Å². The molecule has 2 atom stereocenters. The summed E-state index contributed by atoms with van der Waals surface area (Å²) in [6.07, 6.45) is 4.44. The topological polar surface area (TPSA) is 66.0 Å². The molecule has 0 bridgehead atoms. The third-order valence-corrected chi connectivity index (χ3v) is 4.23. The van der Waals surface area contributed by atoms with Crippen LogP contribution in [0.2, 0.25) is 0 Å². The molecule has 1 fully saturated rings. The van der Waals surface area contributed by atoms with E-state index in [1.807, 2.05) is 0 Å². The van der Waals surface area contributed by atoms with Gasteiger partial charge in [0, 0.05) is 17.0 Å². The molecule has 0 saturated heterocycles. The summed E-state index contributed by atoms with van der Waals surface area (Å²) in [6.45, 7) is 2.07. The van der Waals surface area contributed by atoms with Gasteiger partial charge in [-0.2, -0.15) is 0 Å². The Morgan fingerprint density at radius 1 is 1.59 bits per heavy atom. The van der Waals surface area contributed by atoms with Gasteiger partial charge in [0.1, 0.15) is 0 Å². The summed E-state index contributed by atoms with van der Waals surface area (Å²) in [5, 5.41) is 10.6. The second kappa shape index (κ2) is 5.69. The minimum Gasteiger partial charge on any atom is -0.392 e. The maximum Gasteiger partial charge on any atom is 0.251 e. The predicted octanol–water partition coefficient (Wildman–Crippen LogP) is 1.73. The van der Waals surface area contributed by atoms with E-state index in [0.29, 0.717) is 5.16 Å². The van der Waals surface area contributed by atoms with Crippen LogP contribution in [0.1, 0.15) is 38.3 Å². The van der Waals surface area contributed by atoms with E-state index in [0.717, 1.165) is 37.8 Å². The number of H-pyrrole nitrogens is 1. The van der Waals surface area contributed by atoms with Crippen LogP contribution in [0, 0.1) is 0 Å². The van der Waals surface area contributed by atoms with Crippen LogP contribution in [0.3, 0.4) is 0 Å². The zero-order valence-electron chi connectivity index (χ0n) is 9.98. The van der Waals surface area contributed by atoms with Gasteiger partial charge < -0.3 is 10.1 Å². The number of nitrogens with zero attached hydrogens (tertiary/aromatic N) is 1. The molecule has 0 aliphatic heterocycles. The number of thioether (sulfide) groups is 1. The number of aromatic amines is 1. The highest BCUT2D eigenvalue weighted by molar-refractivity contribution is 7.99. The Morgan fingerprint density at radius 2 is 2.41 bits per heavy atom. The molecule has 0 unspecified atom stereocenters. The molecule has 94 valence electrons. The van der Waals surface area contributed by atoms with Crippen molar-refractivity contribution < 1.29 is 5.11 Å². The number of nitrogens with one attached hydrogen (secondary N) is 1. The van der Waals surface area contributed by atoms with E-state index in [2.05, 4.69) is 16.9 Å². The number of aliphatic hydroxyl groups excluding tert-OH is 1. The highest BCUT2D eigenvalue weighted by Crippen LogP contribution is 2.32. The highest BCUT2D eigenvalue weighted by atomic mass is 32.2. The number of aliphatic hydroxyl groups is 1. The summed E-state index contributed by atoms with van der Waals surface area (Å²) in [6, 6.07) is 1.55. The van der Waals surface area contributed by atoms with Crippen LogP contribution in [0.15, 0.2) is 16.0 Å². The monoisotopic (exact) mass is 254 g/mol. The normalized spacial score (nSPS) is 24.1. The van der Waals surface area contributed by atoms with Gasteiger partial charge in [0.05, 0.1) is 6.10 Å². The van der Waals surface area contributed by atoms with Gasteiger partial charge in [-0.1, -0.05) is 25.1 Å². The molecule has 1 aromatic heterocycles. The summed E-state index contributed by atoms with van der Waals surface area (Å²) in [5.41, 5.74) is 0.740. The average Bonchev–Trinajstić information content (AvgIpc) is 2.64. The molecule has 2 N–H and O–H groups in total. The van der Waals surface area contributed by atoms with Crippen molar-refractivity contribution in [2.24, 2.45) is 0 Å². The maximum atomic E-state index is 11.5. The molecule has 17 heavy (non-hydrogen) atoms. The number of hydrogen-bond donors (Lipinski definition) is 2. The molecular weight excluding hydrogens is 236 g/mol. The summed E-state index contributed by atoms with van der Waals surface area (Å²) >= 11 is 1.50. The second-order valence-electron chi connectivity index (χ2n) is 4.45. The van der Waals surface area contributed by atoms with Gasteiger partial charge in [0.15, 0.2) is 5.16 Å². The fraction of sp³-hybridized carbons (Fsp3) is 0.667. The zero-order chi connectivity index (χ0) is 12.3. The molecule has 0 radical (unpaired) electrons. The smallest absolute Gasteiger partial charge is 0.251 e. The summed E-state index contributed by atoms with van der Waals surface area (Å²) in [7, 11) is 0. The van der Waals surface area contributed by atoms with Crippen LogP contribution in [0.5, 0.6) is 0 Å². The highest BCUT2D eigenvalue weighted by Gasteiger charge is 2.26.